The number of nitrogens with zero attached hydrogens (tertiary/aromatic N) is 1. The number of ether oxygens (including phenoxy) is 2. The Bertz CT molecular complexity index is 394. The van der Waals surface area contributed by atoms with Gasteiger partial charge in [0.1, 0.15) is 12.0 Å². The monoisotopic (exact) mass is 251 g/mol. The van der Waals surface area contributed by atoms with Gasteiger partial charge < -0.3 is 14.6 Å². The summed E-state index contributed by atoms with van der Waals surface area (Å²) in [5.41, 5.74) is 1.07. The minimum Gasteiger partial charge on any atom is -0.497 e. The maximum atomic E-state index is 9.25. The normalized spacial score (nSPS) is 24.7. The first-order valence-corrected chi connectivity index (χ1v) is 6.31. The first-order valence-electron chi connectivity index (χ1n) is 6.31. The second kappa shape index (κ2) is 5.69. The average Bonchev–Trinajstić information content (AvgIpc) is 2.83. The van der Waals surface area contributed by atoms with Crippen LogP contribution in [0.15, 0.2) is 24.3 Å². The molecule has 1 aromatic carbocycles. The van der Waals surface area contributed by atoms with Crippen molar-refractivity contribution in [2.75, 3.05) is 20.3 Å². The molecular formula is C14H21NO3. The van der Waals surface area contributed by atoms with Crippen LogP contribution in [0.25, 0.3) is 0 Å². The lowest BCUT2D eigenvalue weighted by Gasteiger charge is -2.26. The predicted octanol–water partition coefficient (Wildman–Crippen LogP) is 1.80. The zero-order chi connectivity index (χ0) is 13.1. The Morgan fingerprint density at radius 2 is 2.28 bits per heavy atom. The standard InChI is InChI=1S/C14H21NO3/c1-10(2)15-8-13(9-16)18-14(15)11-5-4-6-12(7-11)17-3/h4-7,10,13-14,16H,8-9H2,1-3H3. The van der Waals surface area contributed by atoms with Crippen molar-refractivity contribution in [2.45, 2.75) is 32.2 Å². The van der Waals surface area contributed by atoms with Gasteiger partial charge in [-0.1, -0.05) is 12.1 Å². The van der Waals surface area contributed by atoms with Crippen LogP contribution in [0.4, 0.5) is 0 Å². The quantitative estimate of drug-likeness (QED) is 0.886. The molecule has 1 aliphatic rings. The highest BCUT2D eigenvalue weighted by molar-refractivity contribution is 5.30. The molecule has 4 heteroatoms. The summed E-state index contributed by atoms with van der Waals surface area (Å²) in [6.45, 7) is 5.09. The topological polar surface area (TPSA) is 41.9 Å². The number of benzene rings is 1. The molecule has 0 saturated carbocycles. The van der Waals surface area contributed by atoms with Crippen LogP contribution in [0, 0.1) is 0 Å². The maximum absolute atomic E-state index is 9.25. The van der Waals surface area contributed by atoms with Gasteiger partial charge in [0, 0.05) is 12.6 Å². The summed E-state index contributed by atoms with van der Waals surface area (Å²) in [6, 6.07) is 8.27. The van der Waals surface area contributed by atoms with Crippen LogP contribution >= 0.6 is 0 Å². The van der Waals surface area contributed by atoms with E-state index in [0.717, 1.165) is 17.9 Å². The SMILES string of the molecule is COc1cccc(C2OC(CO)CN2C(C)C)c1. The fourth-order valence-electron chi connectivity index (χ4n) is 2.28. The summed E-state index contributed by atoms with van der Waals surface area (Å²) >= 11 is 0. The lowest BCUT2D eigenvalue weighted by Crippen LogP contribution is -2.32. The van der Waals surface area contributed by atoms with Gasteiger partial charge in [-0.05, 0) is 31.5 Å². The molecular weight excluding hydrogens is 230 g/mol. The third-order valence-corrected chi connectivity index (χ3v) is 3.28. The Kier molecular flexibility index (Phi) is 4.22. The van der Waals surface area contributed by atoms with E-state index in [1.54, 1.807) is 7.11 Å². The second-order valence-electron chi connectivity index (χ2n) is 4.86. The lowest BCUT2D eigenvalue weighted by molar-refractivity contribution is -0.0267. The Hall–Kier alpha value is -1.10. The van der Waals surface area contributed by atoms with Crippen molar-refractivity contribution >= 4 is 0 Å². The zero-order valence-electron chi connectivity index (χ0n) is 11.2. The Labute approximate surface area is 108 Å². The first kappa shape index (κ1) is 13.3. The minimum atomic E-state index is -0.108. The molecule has 0 spiro atoms. The molecule has 0 radical (unpaired) electrons. The molecule has 1 aromatic rings. The molecule has 18 heavy (non-hydrogen) atoms. The van der Waals surface area contributed by atoms with Gasteiger partial charge in [-0.2, -0.15) is 0 Å². The van der Waals surface area contributed by atoms with Crippen LogP contribution < -0.4 is 4.74 Å². The van der Waals surface area contributed by atoms with E-state index in [0.29, 0.717) is 6.04 Å². The van der Waals surface area contributed by atoms with Crippen LogP contribution in [-0.2, 0) is 4.74 Å². The van der Waals surface area contributed by atoms with Gasteiger partial charge in [-0.15, -0.1) is 0 Å². The van der Waals surface area contributed by atoms with Gasteiger partial charge in [-0.3, -0.25) is 4.90 Å². The van der Waals surface area contributed by atoms with Crippen LogP contribution in [0.2, 0.25) is 0 Å². The molecule has 2 rings (SSSR count). The highest BCUT2D eigenvalue weighted by Gasteiger charge is 2.35. The summed E-state index contributed by atoms with van der Waals surface area (Å²) in [4.78, 5) is 2.25. The van der Waals surface area contributed by atoms with Gasteiger partial charge in [-0.25, -0.2) is 0 Å². The lowest BCUT2D eigenvalue weighted by atomic mass is 10.1. The Morgan fingerprint density at radius 3 is 2.89 bits per heavy atom. The van der Waals surface area contributed by atoms with Crippen LogP contribution in [-0.4, -0.2) is 42.4 Å². The van der Waals surface area contributed by atoms with Gasteiger partial charge in [0.05, 0.1) is 19.8 Å². The predicted molar refractivity (Wildman–Crippen MR) is 69.5 cm³/mol. The summed E-state index contributed by atoms with van der Waals surface area (Å²) in [6.07, 6.45) is -0.208. The van der Waals surface area contributed by atoms with Crippen LogP contribution in [0.1, 0.15) is 25.6 Å². The highest BCUT2D eigenvalue weighted by atomic mass is 16.5. The van der Waals surface area contributed by atoms with Crippen molar-refractivity contribution in [3.8, 4) is 5.75 Å². The third-order valence-electron chi connectivity index (χ3n) is 3.28. The van der Waals surface area contributed by atoms with Gasteiger partial charge in [0.25, 0.3) is 0 Å². The first-order chi connectivity index (χ1) is 8.65. The molecule has 1 saturated heterocycles. The van der Waals surface area contributed by atoms with Crippen molar-refractivity contribution in [3.63, 3.8) is 0 Å². The van der Waals surface area contributed by atoms with Crippen molar-refractivity contribution in [1.29, 1.82) is 0 Å². The fourth-order valence-corrected chi connectivity index (χ4v) is 2.28. The summed E-state index contributed by atoms with van der Waals surface area (Å²) in [5, 5.41) is 9.25. The van der Waals surface area contributed by atoms with Gasteiger partial charge >= 0.3 is 0 Å². The molecule has 0 bridgehead atoms. The highest BCUT2D eigenvalue weighted by Crippen LogP contribution is 2.33. The smallest absolute Gasteiger partial charge is 0.137 e. The maximum Gasteiger partial charge on any atom is 0.137 e. The number of rotatable bonds is 4. The Morgan fingerprint density at radius 1 is 1.50 bits per heavy atom. The molecule has 1 heterocycles. The molecule has 100 valence electrons. The number of methoxy groups -OCH3 is 1. The van der Waals surface area contributed by atoms with E-state index in [-0.39, 0.29) is 18.9 Å². The Balaban J connectivity index is 2.23. The van der Waals surface area contributed by atoms with Crippen molar-refractivity contribution in [2.24, 2.45) is 0 Å². The van der Waals surface area contributed by atoms with E-state index >= 15 is 0 Å². The van der Waals surface area contributed by atoms with Gasteiger partial charge in [0.2, 0.25) is 0 Å². The van der Waals surface area contributed by atoms with Crippen LogP contribution in [0.3, 0.4) is 0 Å². The molecule has 0 aromatic heterocycles. The molecule has 4 nitrogen and oxygen atoms in total. The third kappa shape index (κ3) is 2.66. The van der Waals surface area contributed by atoms with E-state index in [4.69, 9.17) is 9.47 Å². The molecule has 1 N–H and O–H groups in total. The van der Waals surface area contributed by atoms with Crippen molar-refractivity contribution in [3.05, 3.63) is 29.8 Å². The van der Waals surface area contributed by atoms with Crippen molar-refractivity contribution in [1.82, 2.24) is 4.90 Å². The van der Waals surface area contributed by atoms with E-state index < -0.39 is 0 Å². The largest absolute Gasteiger partial charge is 0.497 e. The molecule has 0 aliphatic carbocycles. The second-order valence-corrected chi connectivity index (χ2v) is 4.86. The molecule has 2 atom stereocenters. The number of aliphatic hydroxyl groups excluding tert-OH is 1. The van der Waals surface area contributed by atoms with E-state index in [2.05, 4.69) is 18.7 Å². The molecule has 1 fully saturated rings. The number of hydrogen-bond acceptors (Lipinski definition) is 4. The zero-order valence-corrected chi connectivity index (χ0v) is 11.2. The fraction of sp³-hybridized carbons (Fsp3) is 0.571. The summed E-state index contributed by atoms with van der Waals surface area (Å²) < 4.78 is 11.1. The van der Waals surface area contributed by atoms with E-state index in [1.165, 1.54) is 0 Å². The summed E-state index contributed by atoms with van der Waals surface area (Å²) in [7, 11) is 1.66. The van der Waals surface area contributed by atoms with Gasteiger partial charge in [0.15, 0.2) is 0 Å². The molecule has 1 aliphatic heterocycles. The summed E-state index contributed by atoms with van der Waals surface area (Å²) in [5.74, 6) is 0.826. The number of aliphatic hydroxyl groups is 1. The molecule has 2 unspecified atom stereocenters. The number of hydrogen-bond donors (Lipinski definition) is 1. The minimum absolute atomic E-state index is 0.0592. The average molecular weight is 251 g/mol. The molecule has 0 amide bonds. The van der Waals surface area contributed by atoms with Crippen LogP contribution in [0.5, 0.6) is 5.75 Å². The van der Waals surface area contributed by atoms with E-state index in [1.807, 2.05) is 24.3 Å². The van der Waals surface area contributed by atoms with Crippen molar-refractivity contribution < 1.29 is 14.6 Å². The van der Waals surface area contributed by atoms with E-state index in [9.17, 15) is 5.11 Å².